The molecule has 152 valence electrons. The molecule has 1 aromatic heterocycles. The predicted molar refractivity (Wildman–Crippen MR) is 121 cm³/mol. The van der Waals surface area contributed by atoms with Crippen molar-refractivity contribution in [3.63, 3.8) is 0 Å². The van der Waals surface area contributed by atoms with Crippen molar-refractivity contribution in [3.8, 4) is 5.75 Å². The third kappa shape index (κ3) is 4.95. The van der Waals surface area contributed by atoms with E-state index in [2.05, 4.69) is 42.5 Å². The van der Waals surface area contributed by atoms with Gasteiger partial charge in [-0.1, -0.05) is 24.6 Å². The Bertz CT molecular complexity index is 781. The van der Waals surface area contributed by atoms with Gasteiger partial charge in [-0.05, 0) is 24.5 Å². The monoisotopic (exact) mass is 496 g/mol. The Morgan fingerprint density at radius 3 is 2.96 bits per heavy atom. The Hall–Kier alpha value is -1.84. The van der Waals surface area contributed by atoms with E-state index in [4.69, 9.17) is 4.74 Å². The minimum atomic E-state index is 0. The van der Waals surface area contributed by atoms with Gasteiger partial charge in [0.15, 0.2) is 5.96 Å². The number of benzene rings is 1. The average Bonchev–Trinajstić information content (AvgIpc) is 3.20. The maximum atomic E-state index is 5.97. The Morgan fingerprint density at radius 1 is 1.21 bits per heavy atom. The number of nitrogens with one attached hydrogen (secondary N) is 2. The fraction of sp³-hybridized carbons (Fsp3) is 0.550. The van der Waals surface area contributed by atoms with Crippen LogP contribution in [0.2, 0.25) is 0 Å². The van der Waals surface area contributed by atoms with Crippen molar-refractivity contribution in [2.75, 3.05) is 20.1 Å². The summed E-state index contributed by atoms with van der Waals surface area (Å²) < 4.78 is 8.27. The van der Waals surface area contributed by atoms with Gasteiger partial charge in [-0.15, -0.1) is 34.2 Å². The van der Waals surface area contributed by atoms with Crippen molar-refractivity contribution in [2.45, 2.75) is 51.2 Å². The summed E-state index contributed by atoms with van der Waals surface area (Å²) >= 11 is 0. The first-order chi connectivity index (χ1) is 13.3. The zero-order chi connectivity index (χ0) is 18.5. The van der Waals surface area contributed by atoms with E-state index in [-0.39, 0.29) is 30.1 Å². The molecule has 1 atom stereocenters. The van der Waals surface area contributed by atoms with E-state index in [0.717, 1.165) is 62.3 Å². The van der Waals surface area contributed by atoms with E-state index < -0.39 is 0 Å². The quantitative estimate of drug-likeness (QED) is 0.378. The number of halogens is 1. The van der Waals surface area contributed by atoms with Crippen LogP contribution in [0.25, 0.3) is 0 Å². The molecule has 4 rings (SSSR count). The largest absolute Gasteiger partial charge is 0.488 e. The molecule has 1 aromatic carbocycles. The lowest BCUT2D eigenvalue weighted by Crippen LogP contribution is -2.43. The van der Waals surface area contributed by atoms with Crippen LogP contribution in [0.3, 0.4) is 0 Å². The maximum Gasteiger partial charge on any atom is 0.191 e. The molecule has 0 amide bonds. The maximum absolute atomic E-state index is 5.97. The number of aliphatic imine (C=N–C) groups is 1. The summed E-state index contributed by atoms with van der Waals surface area (Å²) in [6.07, 6.45) is 6.70. The Balaban J connectivity index is 0.00000225. The van der Waals surface area contributed by atoms with Crippen LogP contribution in [0, 0.1) is 0 Å². The third-order valence-electron chi connectivity index (χ3n) is 5.26. The first-order valence-electron chi connectivity index (χ1n) is 9.93. The van der Waals surface area contributed by atoms with Crippen molar-refractivity contribution in [2.24, 2.45) is 4.99 Å². The molecule has 3 heterocycles. The van der Waals surface area contributed by atoms with Gasteiger partial charge in [0.1, 0.15) is 23.5 Å². The second-order valence-electron chi connectivity index (χ2n) is 7.18. The second kappa shape index (κ2) is 10.1. The molecule has 2 aromatic rings. The van der Waals surface area contributed by atoms with Gasteiger partial charge in [0.2, 0.25) is 0 Å². The molecule has 0 spiro atoms. The van der Waals surface area contributed by atoms with E-state index in [1.165, 1.54) is 24.8 Å². The average molecular weight is 496 g/mol. The zero-order valence-electron chi connectivity index (χ0n) is 16.4. The van der Waals surface area contributed by atoms with Crippen molar-refractivity contribution in [1.82, 2.24) is 25.4 Å². The highest BCUT2D eigenvalue weighted by molar-refractivity contribution is 14.0. The van der Waals surface area contributed by atoms with Gasteiger partial charge in [-0.2, -0.15) is 0 Å². The highest BCUT2D eigenvalue weighted by Crippen LogP contribution is 2.27. The van der Waals surface area contributed by atoms with Crippen LogP contribution in [-0.2, 0) is 25.8 Å². The standard InChI is InChI=1S/C20H28N6O.HI/c1-21-20(23-14-16-13-15-7-4-5-8-17(15)27-16)22-11-10-19-25-24-18-9-3-2-6-12-26(18)19;/h4-5,7-8,16H,2-3,6,9-14H2,1H3,(H2,21,22,23);1H. The Labute approximate surface area is 183 Å². The van der Waals surface area contributed by atoms with E-state index in [0.29, 0.717) is 0 Å². The van der Waals surface area contributed by atoms with Crippen LogP contribution in [0.5, 0.6) is 5.75 Å². The number of guanidine groups is 1. The van der Waals surface area contributed by atoms with E-state index in [9.17, 15) is 0 Å². The van der Waals surface area contributed by atoms with Crippen molar-refractivity contribution >= 4 is 29.9 Å². The van der Waals surface area contributed by atoms with Crippen molar-refractivity contribution in [3.05, 3.63) is 41.5 Å². The van der Waals surface area contributed by atoms with E-state index >= 15 is 0 Å². The van der Waals surface area contributed by atoms with E-state index in [1.54, 1.807) is 7.05 Å². The molecule has 2 aliphatic heterocycles. The van der Waals surface area contributed by atoms with Crippen LogP contribution in [-0.4, -0.2) is 47.0 Å². The number of ether oxygens (including phenoxy) is 1. The molecule has 8 heteroatoms. The molecule has 0 radical (unpaired) electrons. The van der Waals surface area contributed by atoms with Crippen LogP contribution < -0.4 is 15.4 Å². The first-order valence-corrected chi connectivity index (χ1v) is 9.93. The second-order valence-corrected chi connectivity index (χ2v) is 7.18. The van der Waals surface area contributed by atoms with Crippen LogP contribution >= 0.6 is 24.0 Å². The highest BCUT2D eigenvalue weighted by atomic mass is 127. The first kappa shape index (κ1) is 20.9. The molecule has 0 saturated carbocycles. The molecule has 0 bridgehead atoms. The molecule has 0 saturated heterocycles. The lowest BCUT2D eigenvalue weighted by molar-refractivity contribution is 0.235. The van der Waals surface area contributed by atoms with Gasteiger partial charge in [-0.3, -0.25) is 4.99 Å². The van der Waals surface area contributed by atoms with Gasteiger partial charge in [0.05, 0.1) is 6.54 Å². The SMILES string of the molecule is CN=C(NCCc1nnc2n1CCCCC2)NCC1Cc2ccccc2O1.I. The lowest BCUT2D eigenvalue weighted by atomic mass is 10.1. The van der Waals surface area contributed by atoms with Crippen LogP contribution in [0.1, 0.15) is 36.5 Å². The van der Waals surface area contributed by atoms with Crippen molar-refractivity contribution < 1.29 is 4.74 Å². The van der Waals surface area contributed by atoms with Gasteiger partial charge < -0.3 is 19.9 Å². The number of nitrogens with zero attached hydrogens (tertiary/aromatic N) is 4. The smallest absolute Gasteiger partial charge is 0.191 e. The zero-order valence-corrected chi connectivity index (χ0v) is 18.7. The summed E-state index contributed by atoms with van der Waals surface area (Å²) in [5.74, 6) is 4.01. The minimum absolute atomic E-state index is 0. The van der Waals surface area contributed by atoms with Crippen LogP contribution in [0.4, 0.5) is 0 Å². The molecule has 0 fully saturated rings. The molecule has 7 nitrogen and oxygen atoms in total. The number of para-hydroxylation sites is 1. The Kier molecular flexibility index (Phi) is 7.52. The summed E-state index contributed by atoms with van der Waals surface area (Å²) in [7, 11) is 1.79. The Morgan fingerprint density at radius 2 is 2.11 bits per heavy atom. The molecule has 0 aliphatic carbocycles. The summed E-state index contributed by atoms with van der Waals surface area (Å²) in [5, 5.41) is 15.5. The van der Waals surface area contributed by atoms with E-state index in [1.807, 2.05) is 12.1 Å². The van der Waals surface area contributed by atoms with Gasteiger partial charge in [-0.25, -0.2) is 0 Å². The number of hydrogen-bond donors (Lipinski definition) is 2. The lowest BCUT2D eigenvalue weighted by Gasteiger charge is -2.15. The van der Waals surface area contributed by atoms with Crippen molar-refractivity contribution in [1.29, 1.82) is 0 Å². The number of fused-ring (bicyclic) bond motifs is 2. The molecular formula is C20H29IN6O. The third-order valence-corrected chi connectivity index (χ3v) is 5.26. The van der Waals surface area contributed by atoms with Gasteiger partial charge in [0.25, 0.3) is 0 Å². The molecular weight excluding hydrogens is 467 g/mol. The van der Waals surface area contributed by atoms with Gasteiger partial charge in [0, 0.05) is 39.4 Å². The summed E-state index contributed by atoms with van der Waals surface area (Å²) in [4.78, 5) is 4.32. The number of aromatic nitrogens is 3. The molecule has 1 unspecified atom stereocenters. The van der Waals surface area contributed by atoms with Crippen LogP contribution in [0.15, 0.2) is 29.3 Å². The predicted octanol–water partition coefficient (Wildman–Crippen LogP) is 2.33. The molecule has 28 heavy (non-hydrogen) atoms. The molecule has 2 N–H and O–H groups in total. The number of rotatable bonds is 5. The fourth-order valence-corrected chi connectivity index (χ4v) is 3.82. The number of hydrogen-bond acceptors (Lipinski definition) is 4. The van der Waals surface area contributed by atoms with Gasteiger partial charge >= 0.3 is 0 Å². The minimum Gasteiger partial charge on any atom is -0.488 e. The fourth-order valence-electron chi connectivity index (χ4n) is 3.82. The topological polar surface area (TPSA) is 76.4 Å². The highest BCUT2D eigenvalue weighted by Gasteiger charge is 2.22. The summed E-state index contributed by atoms with van der Waals surface area (Å²) in [6.45, 7) is 2.56. The summed E-state index contributed by atoms with van der Waals surface area (Å²) in [5.41, 5.74) is 1.28. The number of aryl methyl sites for hydroxylation is 1. The summed E-state index contributed by atoms with van der Waals surface area (Å²) in [6, 6.07) is 8.23. The molecule has 2 aliphatic rings. The normalized spacial score (nSPS) is 18.3.